The Morgan fingerprint density at radius 3 is 2.86 bits per heavy atom. The molecule has 0 fully saturated rings. The summed E-state index contributed by atoms with van der Waals surface area (Å²) in [5, 5.41) is 6.34. The van der Waals surface area contributed by atoms with Crippen LogP contribution < -0.4 is 4.72 Å². The fourth-order valence-electron chi connectivity index (χ4n) is 1.78. The summed E-state index contributed by atoms with van der Waals surface area (Å²) in [6.45, 7) is 1.93. The highest BCUT2D eigenvalue weighted by molar-refractivity contribution is 7.89. The summed E-state index contributed by atoms with van der Waals surface area (Å²) < 4.78 is 26.8. The Bertz CT molecular complexity index is 711. The Labute approximate surface area is 122 Å². The van der Waals surface area contributed by atoms with Gasteiger partial charge in [0.25, 0.3) is 0 Å². The van der Waals surface area contributed by atoms with Crippen molar-refractivity contribution in [2.75, 3.05) is 6.54 Å². The molecule has 1 aromatic heterocycles. The molecule has 0 unspecified atom stereocenters. The third-order valence-corrected chi connectivity index (χ3v) is 4.36. The Balaban J connectivity index is 2.06. The second-order valence-corrected chi connectivity index (χ2v) is 6.15. The number of hydrogen-bond donors (Lipinski definition) is 2. The minimum atomic E-state index is -3.64. The highest BCUT2D eigenvalue weighted by atomic mass is 32.2. The Kier molecular flexibility index (Phi) is 4.81. The number of nitrogens with one attached hydrogen (secondary N) is 2. The van der Waals surface area contributed by atoms with Crippen molar-refractivity contribution in [3.63, 3.8) is 0 Å². The minimum Gasteiger partial charge on any atom is -0.294 e. The number of carbonyl (C=O) groups is 1. The molecule has 0 saturated carbocycles. The standard InChI is InChI=1S/C13H16N4O3S/c1-2-12(18)10-4-3-5-11(8-10)21(19,20)16-7-6-13-14-9-15-17-13/h3-5,8-9,16H,2,6-7H2,1H3,(H,14,15,17). The molecule has 0 spiro atoms. The maximum absolute atomic E-state index is 12.2. The molecule has 8 heteroatoms. The second-order valence-electron chi connectivity index (χ2n) is 4.38. The summed E-state index contributed by atoms with van der Waals surface area (Å²) in [4.78, 5) is 15.6. The minimum absolute atomic E-state index is 0.0827. The first-order chi connectivity index (χ1) is 10.0. The molecule has 0 saturated heterocycles. The first-order valence-corrected chi connectivity index (χ1v) is 7.98. The zero-order valence-corrected chi connectivity index (χ0v) is 12.4. The predicted octanol–water partition coefficient (Wildman–Crippen LogP) is 0.918. The van der Waals surface area contributed by atoms with E-state index in [1.54, 1.807) is 19.1 Å². The molecule has 1 aromatic carbocycles. The number of H-pyrrole nitrogens is 1. The number of aromatic amines is 1. The van der Waals surface area contributed by atoms with Crippen molar-refractivity contribution in [1.82, 2.24) is 19.9 Å². The molecule has 0 amide bonds. The highest BCUT2D eigenvalue weighted by Gasteiger charge is 2.15. The van der Waals surface area contributed by atoms with E-state index in [-0.39, 0.29) is 17.2 Å². The van der Waals surface area contributed by atoms with Gasteiger partial charge in [-0.1, -0.05) is 19.1 Å². The number of aromatic nitrogens is 3. The summed E-state index contributed by atoms with van der Waals surface area (Å²) in [5.74, 6) is 0.515. The van der Waals surface area contributed by atoms with E-state index in [1.807, 2.05) is 0 Å². The Morgan fingerprint density at radius 2 is 2.19 bits per heavy atom. The molecule has 2 N–H and O–H groups in total. The molecule has 7 nitrogen and oxygen atoms in total. The summed E-state index contributed by atoms with van der Waals surface area (Å²) >= 11 is 0. The van der Waals surface area contributed by atoms with Crippen LogP contribution in [0.15, 0.2) is 35.5 Å². The Morgan fingerprint density at radius 1 is 1.38 bits per heavy atom. The summed E-state index contributed by atoms with van der Waals surface area (Å²) in [6.07, 6.45) is 2.11. The number of carbonyl (C=O) groups excluding carboxylic acids is 1. The van der Waals surface area contributed by atoms with Gasteiger partial charge in [-0.15, -0.1) is 0 Å². The first kappa shape index (κ1) is 15.3. The van der Waals surface area contributed by atoms with Gasteiger partial charge >= 0.3 is 0 Å². The topological polar surface area (TPSA) is 105 Å². The molecule has 0 radical (unpaired) electrons. The Hall–Kier alpha value is -2.06. The van der Waals surface area contributed by atoms with Crippen LogP contribution in [0.25, 0.3) is 0 Å². The maximum Gasteiger partial charge on any atom is 0.240 e. The molecule has 0 aliphatic rings. The number of sulfonamides is 1. The monoisotopic (exact) mass is 308 g/mol. The van der Waals surface area contributed by atoms with Crippen molar-refractivity contribution in [2.45, 2.75) is 24.7 Å². The van der Waals surface area contributed by atoms with E-state index in [2.05, 4.69) is 19.9 Å². The van der Waals surface area contributed by atoms with Crippen molar-refractivity contribution in [2.24, 2.45) is 0 Å². The van der Waals surface area contributed by atoms with Gasteiger partial charge in [0.05, 0.1) is 4.90 Å². The average molecular weight is 308 g/mol. The molecule has 2 aromatic rings. The highest BCUT2D eigenvalue weighted by Crippen LogP contribution is 2.13. The maximum atomic E-state index is 12.2. The van der Waals surface area contributed by atoms with Gasteiger partial charge < -0.3 is 0 Å². The van der Waals surface area contributed by atoms with Crippen LogP contribution in [-0.2, 0) is 16.4 Å². The normalized spacial score (nSPS) is 11.5. The fourth-order valence-corrected chi connectivity index (χ4v) is 2.86. The van der Waals surface area contributed by atoms with Crippen LogP contribution in [0.2, 0.25) is 0 Å². The van der Waals surface area contributed by atoms with E-state index < -0.39 is 10.0 Å². The molecule has 2 rings (SSSR count). The first-order valence-electron chi connectivity index (χ1n) is 6.50. The van der Waals surface area contributed by atoms with E-state index in [0.29, 0.717) is 24.2 Å². The molecule has 1 heterocycles. The van der Waals surface area contributed by atoms with Crippen molar-refractivity contribution < 1.29 is 13.2 Å². The van der Waals surface area contributed by atoms with Gasteiger partial charge in [0.2, 0.25) is 10.0 Å². The molecular formula is C13H16N4O3S. The van der Waals surface area contributed by atoms with E-state index in [0.717, 1.165) is 0 Å². The smallest absolute Gasteiger partial charge is 0.240 e. The number of nitrogens with zero attached hydrogens (tertiary/aromatic N) is 2. The molecule has 21 heavy (non-hydrogen) atoms. The number of Topliss-reactive ketones (excluding diaryl/α,β-unsaturated/α-hetero) is 1. The average Bonchev–Trinajstić information content (AvgIpc) is 2.99. The lowest BCUT2D eigenvalue weighted by atomic mass is 10.1. The van der Waals surface area contributed by atoms with Gasteiger partial charge in [-0.25, -0.2) is 18.1 Å². The number of rotatable bonds is 7. The molecule has 112 valence electrons. The third kappa shape index (κ3) is 3.96. The molecule has 0 bridgehead atoms. The van der Waals surface area contributed by atoms with E-state index >= 15 is 0 Å². The zero-order chi connectivity index (χ0) is 15.3. The fraction of sp³-hybridized carbons (Fsp3) is 0.308. The third-order valence-electron chi connectivity index (χ3n) is 2.91. The predicted molar refractivity (Wildman–Crippen MR) is 76.3 cm³/mol. The number of ketones is 1. The largest absolute Gasteiger partial charge is 0.294 e. The zero-order valence-electron chi connectivity index (χ0n) is 11.5. The summed E-state index contributed by atoms with van der Waals surface area (Å²) in [5.41, 5.74) is 0.399. The molecule has 0 aliphatic heterocycles. The lowest BCUT2D eigenvalue weighted by Crippen LogP contribution is -2.26. The van der Waals surface area contributed by atoms with Crippen LogP contribution in [0.4, 0.5) is 0 Å². The van der Waals surface area contributed by atoms with E-state index in [4.69, 9.17) is 0 Å². The van der Waals surface area contributed by atoms with Crippen LogP contribution in [0.1, 0.15) is 29.5 Å². The van der Waals surface area contributed by atoms with E-state index in [1.165, 1.54) is 18.5 Å². The van der Waals surface area contributed by atoms with Gasteiger partial charge in [-0.05, 0) is 12.1 Å². The second kappa shape index (κ2) is 6.59. The van der Waals surface area contributed by atoms with Gasteiger partial charge in [-0.3, -0.25) is 9.89 Å². The molecule has 0 aliphatic carbocycles. The van der Waals surface area contributed by atoms with Gasteiger partial charge in [0, 0.05) is 24.9 Å². The lowest BCUT2D eigenvalue weighted by Gasteiger charge is -2.07. The molecular weight excluding hydrogens is 292 g/mol. The summed E-state index contributed by atoms with van der Waals surface area (Å²) in [6, 6.07) is 6.03. The van der Waals surface area contributed by atoms with E-state index in [9.17, 15) is 13.2 Å². The number of benzene rings is 1. The van der Waals surface area contributed by atoms with Gasteiger partial charge in [0.15, 0.2) is 5.78 Å². The SMILES string of the molecule is CCC(=O)c1cccc(S(=O)(=O)NCCc2ncn[nH]2)c1. The van der Waals surface area contributed by atoms with Gasteiger partial charge in [0.1, 0.15) is 12.2 Å². The van der Waals surface area contributed by atoms with Crippen LogP contribution in [0.3, 0.4) is 0 Å². The quantitative estimate of drug-likeness (QED) is 0.740. The van der Waals surface area contributed by atoms with Crippen LogP contribution >= 0.6 is 0 Å². The lowest BCUT2D eigenvalue weighted by molar-refractivity contribution is 0.0988. The van der Waals surface area contributed by atoms with Crippen LogP contribution in [0.5, 0.6) is 0 Å². The van der Waals surface area contributed by atoms with Crippen LogP contribution in [-0.4, -0.2) is 35.9 Å². The summed E-state index contributed by atoms with van der Waals surface area (Å²) in [7, 11) is -3.64. The van der Waals surface area contributed by atoms with Crippen molar-refractivity contribution >= 4 is 15.8 Å². The molecule has 0 atom stereocenters. The van der Waals surface area contributed by atoms with Gasteiger partial charge in [-0.2, -0.15) is 5.10 Å². The van der Waals surface area contributed by atoms with Crippen molar-refractivity contribution in [3.05, 3.63) is 42.0 Å². The van der Waals surface area contributed by atoms with Crippen molar-refractivity contribution in [3.8, 4) is 0 Å². The van der Waals surface area contributed by atoms with Crippen LogP contribution in [0, 0.1) is 0 Å². The number of hydrogen-bond acceptors (Lipinski definition) is 5. The van der Waals surface area contributed by atoms with Crippen molar-refractivity contribution in [1.29, 1.82) is 0 Å².